The van der Waals surface area contributed by atoms with Crippen molar-refractivity contribution in [2.45, 2.75) is 83.8 Å². The van der Waals surface area contributed by atoms with E-state index in [2.05, 4.69) is 25.7 Å². The van der Waals surface area contributed by atoms with Gasteiger partial charge in [0.2, 0.25) is 0 Å². The molecule has 2 fully saturated rings. The summed E-state index contributed by atoms with van der Waals surface area (Å²) in [5.74, 6) is 7.25. The monoisotopic (exact) mass is 350 g/mol. The lowest BCUT2D eigenvalue weighted by molar-refractivity contribution is -0.137. The van der Waals surface area contributed by atoms with E-state index in [-0.39, 0.29) is 0 Å². The molecule has 0 spiro atoms. The Labute approximate surface area is 152 Å². The van der Waals surface area contributed by atoms with Gasteiger partial charge in [-0.2, -0.15) is 0 Å². The van der Waals surface area contributed by atoms with E-state index in [1.54, 1.807) is 0 Å². The van der Waals surface area contributed by atoms with E-state index in [1.807, 2.05) is 0 Å². The molecule has 2 rings (SSSR count). The summed E-state index contributed by atoms with van der Waals surface area (Å²) in [7, 11) is 0. The SMILES string of the molecule is CC(C)C#CCCOC[C@H]1[C@@H](CCCCCCC(=O)O)[C@H]2CC[C@@H]1O2. The Morgan fingerprint density at radius 2 is 1.88 bits per heavy atom. The molecule has 4 nitrogen and oxygen atoms in total. The van der Waals surface area contributed by atoms with Crippen molar-refractivity contribution in [1.82, 2.24) is 0 Å². The topological polar surface area (TPSA) is 55.8 Å². The zero-order valence-electron chi connectivity index (χ0n) is 15.8. The van der Waals surface area contributed by atoms with Crippen LogP contribution >= 0.6 is 0 Å². The van der Waals surface area contributed by atoms with Gasteiger partial charge in [-0.15, -0.1) is 11.8 Å². The largest absolute Gasteiger partial charge is 0.481 e. The molecular formula is C21H34O4. The molecule has 0 aromatic rings. The third-order valence-corrected chi connectivity index (χ3v) is 5.34. The second-order valence-electron chi connectivity index (χ2n) is 7.77. The molecule has 4 heteroatoms. The van der Waals surface area contributed by atoms with Crippen LogP contribution in [-0.2, 0) is 14.3 Å². The minimum absolute atomic E-state index is 0.299. The quantitative estimate of drug-likeness (QED) is 0.446. The second-order valence-corrected chi connectivity index (χ2v) is 7.77. The minimum Gasteiger partial charge on any atom is -0.481 e. The van der Waals surface area contributed by atoms with Gasteiger partial charge in [0.15, 0.2) is 0 Å². The predicted octanol–water partition coefficient (Wildman–Crippen LogP) is 4.27. The lowest BCUT2D eigenvalue weighted by Gasteiger charge is -2.27. The standard InChI is InChI=1S/C21H34O4/c1-16(2)9-7-8-14-24-15-18-17(19-12-13-20(18)25-19)10-5-3-4-6-11-21(22)23/h16-20H,3-6,8,10-15H2,1-2H3,(H,22,23)/t17-,18+,19-,20+/m1/s1. The van der Waals surface area contributed by atoms with Crippen LogP contribution in [-0.4, -0.2) is 36.5 Å². The van der Waals surface area contributed by atoms with Crippen LogP contribution in [0.4, 0.5) is 0 Å². The number of carboxylic acids is 1. The fourth-order valence-electron chi connectivity index (χ4n) is 4.13. The highest BCUT2D eigenvalue weighted by Gasteiger charge is 2.48. The van der Waals surface area contributed by atoms with Crippen LogP contribution in [0.1, 0.15) is 71.6 Å². The molecule has 25 heavy (non-hydrogen) atoms. The van der Waals surface area contributed by atoms with Crippen molar-refractivity contribution in [2.24, 2.45) is 17.8 Å². The van der Waals surface area contributed by atoms with Crippen molar-refractivity contribution >= 4 is 5.97 Å². The van der Waals surface area contributed by atoms with Gasteiger partial charge in [0.05, 0.1) is 25.4 Å². The molecule has 4 atom stereocenters. The maximum Gasteiger partial charge on any atom is 0.303 e. The first-order valence-electron chi connectivity index (χ1n) is 10.0. The van der Waals surface area contributed by atoms with Crippen LogP contribution < -0.4 is 0 Å². The molecule has 0 aliphatic carbocycles. The molecule has 142 valence electrons. The van der Waals surface area contributed by atoms with Crippen LogP contribution in [0.15, 0.2) is 0 Å². The van der Waals surface area contributed by atoms with E-state index in [0.717, 1.165) is 38.9 Å². The first-order valence-corrected chi connectivity index (χ1v) is 10.0. The molecule has 1 N–H and O–H groups in total. The summed E-state index contributed by atoms with van der Waals surface area (Å²) in [6, 6.07) is 0. The van der Waals surface area contributed by atoms with E-state index in [0.29, 0.717) is 36.4 Å². The summed E-state index contributed by atoms with van der Waals surface area (Å²) in [5, 5.41) is 8.67. The number of unbranched alkanes of at least 4 members (excludes halogenated alkanes) is 3. The Hall–Kier alpha value is -1.05. The average Bonchev–Trinajstić information content (AvgIpc) is 3.15. The summed E-state index contributed by atoms with van der Waals surface area (Å²) in [6.45, 7) is 5.73. The number of ether oxygens (including phenoxy) is 2. The van der Waals surface area contributed by atoms with Gasteiger partial charge in [0, 0.05) is 24.7 Å². The number of fused-ring (bicyclic) bond motifs is 2. The van der Waals surface area contributed by atoms with Crippen molar-refractivity contribution in [1.29, 1.82) is 0 Å². The van der Waals surface area contributed by atoms with Gasteiger partial charge in [0.25, 0.3) is 0 Å². The maximum atomic E-state index is 10.5. The van der Waals surface area contributed by atoms with Gasteiger partial charge in [0.1, 0.15) is 0 Å². The number of aliphatic carboxylic acids is 1. The lowest BCUT2D eigenvalue weighted by Crippen LogP contribution is -2.31. The Morgan fingerprint density at radius 1 is 1.16 bits per heavy atom. The molecule has 0 saturated carbocycles. The highest BCUT2D eigenvalue weighted by molar-refractivity contribution is 5.66. The van der Waals surface area contributed by atoms with Gasteiger partial charge < -0.3 is 14.6 Å². The van der Waals surface area contributed by atoms with Crippen LogP contribution in [0.3, 0.4) is 0 Å². The number of hydrogen-bond acceptors (Lipinski definition) is 3. The van der Waals surface area contributed by atoms with E-state index in [9.17, 15) is 4.79 Å². The van der Waals surface area contributed by atoms with Crippen LogP contribution in [0.2, 0.25) is 0 Å². The van der Waals surface area contributed by atoms with Crippen LogP contribution in [0.5, 0.6) is 0 Å². The second kappa shape index (κ2) is 10.8. The summed E-state index contributed by atoms with van der Waals surface area (Å²) >= 11 is 0. The van der Waals surface area contributed by atoms with Crippen molar-refractivity contribution in [3.63, 3.8) is 0 Å². The first kappa shape index (κ1) is 20.3. The lowest BCUT2D eigenvalue weighted by atomic mass is 9.77. The first-order chi connectivity index (χ1) is 12.1. The number of carboxylic acid groups (broad SMARTS) is 1. The fraction of sp³-hybridized carbons (Fsp3) is 0.857. The van der Waals surface area contributed by atoms with E-state index >= 15 is 0 Å². The number of hydrogen-bond donors (Lipinski definition) is 1. The molecule has 2 saturated heterocycles. The van der Waals surface area contributed by atoms with Crippen molar-refractivity contribution in [2.75, 3.05) is 13.2 Å². The van der Waals surface area contributed by atoms with Gasteiger partial charge in [-0.1, -0.05) is 33.1 Å². The highest BCUT2D eigenvalue weighted by Crippen LogP contribution is 2.45. The average molecular weight is 350 g/mol. The van der Waals surface area contributed by atoms with Crippen molar-refractivity contribution < 1.29 is 19.4 Å². The minimum atomic E-state index is -0.684. The molecule has 2 aliphatic rings. The van der Waals surface area contributed by atoms with Crippen LogP contribution in [0, 0.1) is 29.6 Å². The van der Waals surface area contributed by atoms with E-state index < -0.39 is 5.97 Å². The van der Waals surface area contributed by atoms with Gasteiger partial charge in [-0.05, 0) is 31.6 Å². The van der Waals surface area contributed by atoms with Crippen LogP contribution in [0.25, 0.3) is 0 Å². The summed E-state index contributed by atoms with van der Waals surface area (Å²) in [6.07, 6.45) is 9.62. The summed E-state index contributed by atoms with van der Waals surface area (Å²) in [5.41, 5.74) is 0. The normalized spacial score (nSPS) is 27.5. The number of rotatable bonds is 11. The van der Waals surface area contributed by atoms with E-state index in [4.69, 9.17) is 14.6 Å². The Morgan fingerprint density at radius 3 is 2.60 bits per heavy atom. The molecule has 2 bridgehead atoms. The third-order valence-electron chi connectivity index (χ3n) is 5.34. The maximum absolute atomic E-state index is 10.5. The van der Waals surface area contributed by atoms with Crippen molar-refractivity contribution in [3.05, 3.63) is 0 Å². The molecule has 2 aliphatic heterocycles. The number of carbonyl (C=O) groups is 1. The zero-order chi connectivity index (χ0) is 18.1. The molecule has 0 aromatic carbocycles. The molecular weight excluding hydrogens is 316 g/mol. The third kappa shape index (κ3) is 6.99. The Balaban J connectivity index is 1.63. The van der Waals surface area contributed by atoms with Gasteiger partial charge >= 0.3 is 5.97 Å². The molecule has 0 aromatic heterocycles. The van der Waals surface area contributed by atoms with Gasteiger partial charge in [-0.25, -0.2) is 0 Å². The Kier molecular flexibility index (Phi) is 8.78. The molecule has 2 heterocycles. The Bertz CT molecular complexity index is 462. The summed E-state index contributed by atoms with van der Waals surface area (Å²) in [4.78, 5) is 10.5. The summed E-state index contributed by atoms with van der Waals surface area (Å²) < 4.78 is 12.0. The zero-order valence-corrected chi connectivity index (χ0v) is 15.8. The van der Waals surface area contributed by atoms with E-state index in [1.165, 1.54) is 25.7 Å². The van der Waals surface area contributed by atoms with Crippen molar-refractivity contribution in [3.8, 4) is 11.8 Å². The molecule has 0 radical (unpaired) electrons. The fourth-order valence-corrected chi connectivity index (χ4v) is 4.13. The molecule has 0 amide bonds. The highest BCUT2D eigenvalue weighted by atomic mass is 16.5. The molecule has 0 unspecified atom stereocenters. The predicted molar refractivity (Wildman–Crippen MR) is 98.3 cm³/mol. The van der Waals surface area contributed by atoms with Gasteiger partial charge in [-0.3, -0.25) is 4.79 Å². The smallest absolute Gasteiger partial charge is 0.303 e.